The van der Waals surface area contributed by atoms with Gasteiger partial charge in [-0.3, -0.25) is 14.5 Å². The Morgan fingerprint density at radius 3 is 2.69 bits per heavy atom. The fourth-order valence-electron chi connectivity index (χ4n) is 4.22. The zero-order valence-corrected chi connectivity index (χ0v) is 16.1. The lowest BCUT2D eigenvalue weighted by Gasteiger charge is -2.33. The van der Waals surface area contributed by atoms with Crippen LogP contribution in [0, 0.1) is 5.82 Å². The van der Waals surface area contributed by atoms with Crippen molar-refractivity contribution in [1.82, 2.24) is 15.5 Å². The van der Waals surface area contributed by atoms with Gasteiger partial charge in [-0.25, -0.2) is 9.18 Å². The second-order valence-electron chi connectivity index (χ2n) is 7.58. The molecule has 1 aliphatic carbocycles. The number of amides is 4. The number of urea groups is 1. The van der Waals surface area contributed by atoms with Gasteiger partial charge in [-0.15, -0.1) is 0 Å². The lowest BCUT2D eigenvalue weighted by atomic mass is 9.76. The van der Waals surface area contributed by atoms with Gasteiger partial charge in [0.25, 0.3) is 5.91 Å². The van der Waals surface area contributed by atoms with Gasteiger partial charge in [0.2, 0.25) is 5.91 Å². The Bertz CT molecular complexity index is 976. The van der Waals surface area contributed by atoms with E-state index in [9.17, 15) is 18.8 Å². The highest BCUT2D eigenvalue weighted by molar-refractivity contribution is 6.09. The summed E-state index contributed by atoms with van der Waals surface area (Å²) in [6.07, 6.45) is 2.15. The van der Waals surface area contributed by atoms with E-state index >= 15 is 0 Å². The van der Waals surface area contributed by atoms with Gasteiger partial charge in [-0.2, -0.15) is 0 Å². The molecule has 4 rings (SSSR count). The molecule has 2 aromatic carbocycles. The van der Waals surface area contributed by atoms with E-state index in [1.165, 1.54) is 12.1 Å². The number of carbonyl (C=O) groups excluding carboxylic acids is 3. The summed E-state index contributed by atoms with van der Waals surface area (Å²) in [5.41, 5.74) is 1.50. The first-order chi connectivity index (χ1) is 13.9. The number of nitrogens with zero attached hydrogens (tertiary/aromatic N) is 1. The molecule has 2 atom stereocenters. The van der Waals surface area contributed by atoms with Crippen LogP contribution in [0.4, 0.5) is 9.18 Å². The second kappa shape index (κ2) is 7.31. The summed E-state index contributed by atoms with van der Waals surface area (Å²) < 4.78 is 13.1. The van der Waals surface area contributed by atoms with Crippen molar-refractivity contribution in [3.8, 4) is 0 Å². The third-order valence-electron chi connectivity index (χ3n) is 5.70. The van der Waals surface area contributed by atoms with E-state index in [1.54, 1.807) is 19.1 Å². The molecule has 1 spiro atoms. The molecule has 4 amide bonds. The number of fused-ring (bicyclic) bond motifs is 2. The normalized spacial score (nSPS) is 21.7. The average molecular weight is 395 g/mol. The molecule has 2 aromatic rings. The molecular formula is C22H22FN3O3. The minimum absolute atomic E-state index is 0.357. The zero-order valence-electron chi connectivity index (χ0n) is 16.1. The Labute approximate surface area is 168 Å². The first-order valence-corrected chi connectivity index (χ1v) is 9.68. The Kier molecular flexibility index (Phi) is 4.82. The van der Waals surface area contributed by atoms with Crippen LogP contribution in [0.1, 0.15) is 42.5 Å². The van der Waals surface area contributed by atoms with Gasteiger partial charge < -0.3 is 10.6 Å². The van der Waals surface area contributed by atoms with Gasteiger partial charge in [0, 0.05) is 0 Å². The van der Waals surface area contributed by atoms with Crippen molar-refractivity contribution in [3.05, 3.63) is 71.0 Å². The highest BCUT2D eigenvalue weighted by atomic mass is 19.1. The van der Waals surface area contributed by atoms with E-state index in [0.717, 1.165) is 34.4 Å². The van der Waals surface area contributed by atoms with Crippen LogP contribution in [-0.2, 0) is 21.5 Å². The van der Waals surface area contributed by atoms with E-state index in [1.807, 2.05) is 24.3 Å². The molecule has 7 heteroatoms. The van der Waals surface area contributed by atoms with E-state index in [4.69, 9.17) is 0 Å². The maximum absolute atomic E-state index is 13.2. The third kappa shape index (κ3) is 3.37. The van der Waals surface area contributed by atoms with Gasteiger partial charge in [0.1, 0.15) is 17.9 Å². The molecule has 1 fully saturated rings. The number of aryl methyl sites for hydroxylation is 1. The first kappa shape index (κ1) is 19.1. The minimum Gasteiger partial charge on any atom is -0.348 e. The van der Waals surface area contributed by atoms with E-state index < -0.39 is 17.5 Å². The van der Waals surface area contributed by atoms with Gasteiger partial charge in [0.15, 0.2) is 0 Å². The average Bonchev–Trinajstić information content (AvgIpc) is 2.93. The number of carbonyl (C=O) groups is 3. The Hall–Kier alpha value is -3.22. The van der Waals surface area contributed by atoms with Crippen molar-refractivity contribution in [3.63, 3.8) is 0 Å². The lowest BCUT2D eigenvalue weighted by Crippen LogP contribution is -2.47. The van der Waals surface area contributed by atoms with Gasteiger partial charge in [0.05, 0.1) is 6.04 Å². The van der Waals surface area contributed by atoms with Crippen molar-refractivity contribution in [2.45, 2.75) is 37.8 Å². The molecule has 0 bridgehead atoms. The summed E-state index contributed by atoms with van der Waals surface area (Å²) in [5, 5.41) is 5.60. The fourth-order valence-corrected chi connectivity index (χ4v) is 4.22. The summed E-state index contributed by atoms with van der Waals surface area (Å²) in [6, 6.07) is 12.5. The largest absolute Gasteiger partial charge is 0.348 e. The number of halogens is 1. The van der Waals surface area contributed by atoms with E-state index in [-0.39, 0.29) is 24.3 Å². The molecule has 150 valence electrons. The van der Waals surface area contributed by atoms with Crippen molar-refractivity contribution in [1.29, 1.82) is 0 Å². The Balaban J connectivity index is 1.49. The summed E-state index contributed by atoms with van der Waals surface area (Å²) in [5.74, 6) is -1.20. The molecule has 1 saturated heterocycles. The summed E-state index contributed by atoms with van der Waals surface area (Å²) in [7, 11) is 0. The fraction of sp³-hybridized carbons (Fsp3) is 0.318. The van der Waals surface area contributed by atoms with Crippen molar-refractivity contribution < 1.29 is 18.8 Å². The molecule has 2 aliphatic rings. The smallest absolute Gasteiger partial charge is 0.325 e. The molecule has 2 N–H and O–H groups in total. The number of benzene rings is 2. The molecule has 0 unspecified atom stereocenters. The standard InChI is InChI=1S/C22H22FN3O3/c1-14(15-8-10-17(23)11-9-15)24-19(27)13-26-20(28)22(25-21(26)29)12-4-6-16-5-2-3-7-18(16)22/h2-3,5,7-11,14H,4,6,12-13H2,1H3,(H,24,27)(H,25,29)/t14-,22+/m0/s1. The molecule has 0 aromatic heterocycles. The van der Waals surface area contributed by atoms with Gasteiger partial charge in [-0.05, 0) is 55.0 Å². The number of nitrogens with one attached hydrogen (secondary N) is 2. The van der Waals surface area contributed by atoms with Crippen LogP contribution in [0.3, 0.4) is 0 Å². The number of hydrogen-bond acceptors (Lipinski definition) is 3. The van der Waals surface area contributed by atoms with Crippen LogP contribution >= 0.6 is 0 Å². The van der Waals surface area contributed by atoms with E-state index in [0.29, 0.717) is 6.42 Å². The molecule has 1 heterocycles. The van der Waals surface area contributed by atoms with Crippen molar-refractivity contribution >= 4 is 17.8 Å². The molecular weight excluding hydrogens is 373 g/mol. The molecule has 0 radical (unpaired) electrons. The molecule has 0 saturated carbocycles. The van der Waals surface area contributed by atoms with Crippen LogP contribution in [0.5, 0.6) is 0 Å². The Morgan fingerprint density at radius 2 is 1.93 bits per heavy atom. The first-order valence-electron chi connectivity index (χ1n) is 9.68. The molecule has 1 aliphatic heterocycles. The monoisotopic (exact) mass is 395 g/mol. The van der Waals surface area contributed by atoms with Crippen LogP contribution in [0.2, 0.25) is 0 Å². The highest BCUT2D eigenvalue weighted by Gasteiger charge is 2.54. The van der Waals surface area contributed by atoms with Crippen LogP contribution in [0.15, 0.2) is 48.5 Å². The molecule has 6 nitrogen and oxygen atoms in total. The molecule has 29 heavy (non-hydrogen) atoms. The van der Waals surface area contributed by atoms with Crippen LogP contribution in [0.25, 0.3) is 0 Å². The maximum Gasteiger partial charge on any atom is 0.325 e. The number of imide groups is 1. The topological polar surface area (TPSA) is 78.5 Å². The Morgan fingerprint density at radius 1 is 1.21 bits per heavy atom. The highest BCUT2D eigenvalue weighted by Crippen LogP contribution is 2.39. The van der Waals surface area contributed by atoms with Gasteiger partial charge >= 0.3 is 6.03 Å². The van der Waals surface area contributed by atoms with Crippen LogP contribution < -0.4 is 10.6 Å². The number of rotatable bonds is 4. The van der Waals surface area contributed by atoms with Crippen molar-refractivity contribution in [2.24, 2.45) is 0 Å². The van der Waals surface area contributed by atoms with Gasteiger partial charge in [-0.1, -0.05) is 36.4 Å². The second-order valence-corrected chi connectivity index (χ2v) is 7.58. The summed E-state index contributed by atoms with van der Waals surface area (Å²) in [6.45, 7) is 1.40. The predicted octanol–water partition coefficient (Wildman–Crippen LogP) is 2.79. The van der Waals surface area contributed by atoms with Crippen molar-refractivity contribution in [2.75, 3.05) is 6.54 Å². The zero-order chi connectivity index (χ0) is 20.6. The summed E-state index contributed by atoms with van der Waals surface area (Å²) in [4.78, 5) is 39.3. The van der Waals surface area contributed by atoms with E-state index in [2.05, 4.69) is 10.6 Å². The minimum atomic E-state index is -1.09. The predicted molar refractivity (Wildman–Crippen MR) is 104 cm³/mol. The maximum atomic E-state index is 13.2. The SMILES string of the molecule is C[C@H](NC(=O)CN1C(=O)N[C@@]2(CCCc3ccccc32)C1=O)c1ccc(F)cc1. The van der Waals surface area contributed by atoms with Crippen LogP contribution in [-0.4, -0.2) is 29.3 Å². The number of hydrogen-bond donors (Lipinski definition) is 2. The third-order valence-corrected chi connectivity index (χ3v) is 5.70. The lowest BCUT2D eigenvalue weighted by molar-refractivity contribution is -0.135. The quantitative estimate of drug-likeness (QED) is 0.782. The summed E-state index contributed by atoms with van der Waals surface area (Å²) >= 11 is 0.